The number of carbonyl (C=O) groups is 1. The van der Waals surface area contributed by atoms with Crippen LogP contribution in [0.5, 0.6) is 0 Å². The van der Waals surface area contributed by atoms with E-state index in [-0.39, 0.29) is 23.2 Å². The number of nitrogens with two attached hydrogens (primary N) is 1. The van der Waals surface area contributed by atoms with Crippen molar-refractivity contribution in [1.82, 2.24) is 10.4 Å². The second-order valence-electron chi connectivity index (χ2n) is 7.79. The Hall–Kier alpha value is -0.650. The molecule has 0 aromatic heterocycles. The molecule has 0 radical (unpaired) electrons. The van der Waals surface area contributed by atoms with Crippen LogP contribution in [0.15, 0.2) is 0 Å². The molecule has 2 unspecified atom stereocenters. The lowest BCUT2D eigenvalue weighted by atomic mass is 9.71. The number of hydrogen-bond donors (Lipinski definition) is 2. The number of amides is 1. The van der Waals surface area contributed by atoms with Crippen molar-refractivity contribution in [2.45, 2.75) is 111 Å². The largest absolute Gasteiger partial charge is 0.351 e. The highest BCUT2D eigenvalue weighted by Crippen LogP contribution is 2.37. The normalized spacial score (nSPS) is 15.3. The van der Waals surface area contributed by atoms with Crippen LogP contribution in [0.2, 0.25) is 0 Å². The lowest BCUT2D eigenvalue weighted by Gasteiger charge is -2.46. The van der Waals surface area contributed by atoms with Gasteiger partial charge in [0, 0.05) is 24.5 Å². The molecule has 0 heterocycles. The maximum absolute atomic E-state index is 11.9. The van der Waals surface area contributed by atoms with Gasteiger partial charge in [-0.3, -0.25) is 9.63 Å². The van der Waals surface area contributed by atoms with Gasteiger partial charge in [-0.2, -0.15) is 5.06 Å². The quantitative estimate of drug-likeness (QED) is 0.383. The van der Waals surface area contributed by atoms with E-state index in [1.165, 1.54) is 0 Å². The molecule has 0 spiro atoms. The Balaban J connectivity index is 5.52. The summed E-state index contributed by atoms with van der Waals surface area (Å²) in [4.78, 5) is 17.8. The topological polar surface area (TPSA) is 67.6 Å². The molecule has 0 aliphatic rings. The average Bonchev–Trinajstić information content (AvgIpc) is 2.56. The first kappa shape index (κ1) is 24.4. The summed E-state index contributed by atoms with van der Waals surface area (Å²) < 4.78 is 0. The fraction of sp³-hybridized carbons (Fsp3) is 0.950. The Bertz CT molecular complexity index is 381. The minimum Gasteiger partial charge on any atom is -0.351 e. The summed E-state index contributed by atoms with van der Waals surface area (Å²) >= 11 is 0. The van der Waals surface area contributed by atoms with E-state index in [2.05, 4.69) is 46.9 Å². The molecular formula is C20H43N3O2. The number of nitrogens with one attached hydrogen (secondary N) is 1. The van der Waals surface area contributed by atoms with E-state index >= 15 is 0 Å². The third-order valence-electron chi connectivity index (χ3n) is 5.48. The molecule has 0 aromatic rings. The molecule has 0 bridgehead atoms. The van der Waals surface area contributed by atoms with Gasteiger partial charge in [-0.1, -0.05) is 41.0 Å². The molecular weight excluding hydrogens is 314 g/mol. The Morgan fingerprint density at radius 2 is 1.72 bits per heavy atom. The van der Waals surface area contributed by atoms with E-state index in [1.807, 2.05) is 12.0 Å². The predicted molar refractivity (Wildman–Crippen MR) is 106 cm³/mol. The second kappa shape index (κ2) is 11.1. The van der Waals surface area contributed by atoms with Crippen LogP contribution in [-0.4, -0.2) is 34.8 Å². The molecule has 3 N–H and O–H groups in total. The smallest absolute Gasteiger partial charge is 0.217 e. The Morgan fingerprint density at radius 3 is 2.08 bits per heavy atom. The zero-order chi connectivity index (χ0) is 19.7. The van der Waals surface area contributed by atoms with E-state index in [0.29, 0.717) is 5.92 Å². The fourth-order valence-electron chi connectivity index (χ4n) is 3.97. The highest BCUT2D eigenvalue weighted by molar-refractivity contribution is 5.73. The summed E-state index contributed by atoms with van der Waals surface area (Å²) in [5, 5.41) is 5.31. The van der Waals surface area contributed by atoms with Gasteiger partial charge < -0.3 is 11.1 Å². The van der Waals surface area contributed by atoms with Gasteiger partial charge in [0.05, 0.1) is 0 Å². The van der Waals surface area contributed by atoms with Gasteiger partial charge in [-0.05, 0) is 51.9 Å². The highest BCUT2D eigenvalue weighted by atomic mass is 16.7. The molecule has 0 saturated heterocycles. The molecule has 1 amide bonds. The standard InChI is InChI=1S/C20H43N3O2/c1-9-14-17(20(11-3,12-4)22-16(6)24)15-19(7,8)23(13-5)25-18(21)10-2/h17-18H,9-15,21H2,1-8H3,(H,22,24). The van der Waals surface area contributed by atoms with Crippen LogP contribution in [0.25, 0.3) is 0 Å². The lowest BCUT2D eigenvalue weighted by Crippen LogP contribution is -2.56. The van der Waals surface area contributed by atoms with Crippen LogP contribution in [0.3, 0.4) is 0 Å². The van der Waals surface area contributed by atoms with Crippen LogP contribution in [0.1, 0.15) is 93.9 Å². The van der Waals surface area contributed by atoms with Crippen molar-refractivity contribution < 1.29 is 9.63 Å². The zero-order valence-corrected chi connectivity index (χ0v) is 17.9. The van der Waals surface area contributed by atoms with Crippen molar-refractivity contribution in [1.29, 1.82) is 0 Å². The molecule has 0 saturated carbocycles. The first-order chi connectivity index (χ1) is 11.6. The third kappa shape index (κ3) is 7.24. The molecule has 0 aliphatic carbocycles. The van der Waals surface area contributed by atoms with Gasteiger partial charge >= 0.3 is 0 Å². The molecule has 25 heavy (non-hydrogen) atoms. The van der Waals surface area contributed by atoms with Gasteiger partial charge in [-0.15, -0.1) is 0 Å². The van der Waals surface area contributed by atoms with Crippen LogP contribution >= 0.6 is 0 Å². The number of hydroxylamine groups is 2. The molecule has 150 valence electrons. The minimum atomic E-state index is -0.277. The summed E-state index contributed by atoms with van der Waals surface area (Å²) in [5.74, 6) is 0.445. The first-order valence-electron chi connectivity index (χ1n) is 10.1. The Labute approximate surface area is 156 Å². The maximum atomic E-state index is 11.9. The summed E-state index contributed by atoms with van der Waals surface area (Å²) in [6.45, 7) is 17.5. The average molecular weight is 358 g/mol. The van der Waals surface area contributed by atoms with Crippen molar-refractivity contribution in [3.8, 4) is 0 Å². The van der Waals surface area contributed by atoms with Gasteiger partial charge in [0.15, 0.2) is 0 Å². The number of rotatable bonds is 13. The van der Waals surface area contributed by atoms with E-state index in [9.17, 15) is 4.79 Å². The number of nitrogens with zero attached hydrogens (tertiary/aromatic N) is 1. The molecule has 0 rings (SSSR count). The van der Waals surface area contributed by atoms with Crippen molar-refractivity contribution >= 4 is 5.91 Å². The minimum absolute atomic E-state index is 0.0548. The Morgan fingerprint density at radius 1 is 1.16 bits per heavy atom. The fourth-order valence-corrected chi connectivity index (χ4v) is 3.97. The molecule has 5 heteroatoms. The van der Waals surface area contributed by atoms with Crippen molar-refractivity contribution in [3.05, 3.63) is 0 Å². The van der Waals surface area contributed by atoms with E-state index in [1.54, 1.807) is 6.92 Å². The highest BCUT2D eigenvalue weighted by Gasteiger charge is 2.41. The maximum Gasteiger partial charge on any atom is 0.217 e. The summed E-state index contributed by atoms with van der Waals surface area (Å²) in [7, 11) is 0. The lowest BCUT2D eigenvalue weighted by molar-refractivity contribution is -0.247. The van der Waals surface area contributed by atoms with Crippen molar-refractivity contribution in [3.63, 3.8) is 0 Å². The monoisotopic (exact) mass is 357 g/mol. The predicted octanol–water partition coefficient (Wildman–Crippen LogP) is 4.21. The summed E-state index contributed by atoms with van der Waals surface area (Å²) in [6.07, 6.45) is 5.52. The van der Waals surface area contributed by atoms with Crippen LogP contribution in [0.4, 0.5) is 0 Å². The molecule has 5 nitrogen and oxygen atoms in total. The van der Waals surface area contributed by atoms with E-state index < -0.39 is 0 Å². The summed E-state index contributed by atoms with van der Waals surface area (Å²) in [6, 6.07) is 0. The van der Waals surface area contributed by atoms with E-state index in [0.717, 1.165) is 45.1 Å². The van der Waals surface area contributed by atoms with Crippen molar-refractivity contribution in [2.24, 2.45) is 11.7 Å². The second-order valence-corrected chi connectivity index (χ2v) is 7.79. The van der Waals surface area contributed by atoms with Gasteiger partial charge in [-0.25, -0.2) is 0 Å². The molecule has 0 aromatic carbocycles. The van der Waals surface area contributed by atoms with Gasteiger partial charge in [0.25, 0.3) is 0 Å². The first-order valence-corrected chi connectivity index (χ1v) is 10.1. The molecule has 0 fully saturated rings. The van der Waals surface area contributed by atoms with Crippen LogP contribution in [0, 0.1) is 5.92 Å². The van der Waals surface area contributed by atoms with Crippen molar-refractivity contribution in [2.75, 3.05) is 6.54 Å². The zero-order valence-electron chi connectivity index (χ0n) is 17.9. The number of hydrogen-bond acceptors (Lipinski definition) is 4. The molecule has 2 atom stereocenters. The van der Waals surface area contributed by atoms with Gasteiger partial charge in [0.1, 0.15) is 6.23 Å². The summed E-state index contributed by atoms with van der Waals surface area (Å²) in [5.41, 5.74) is 5.70. The number of carbonyl (C=O) groups excluding carboxylic acids is 1. The van der Waals surface area contributed by atoms with Crippen LogP contribution < -0.4 is 11.1 Å². The van der Waals surface area contributed by atoms with Gasteiger partial charge in [0.2, 0.25) is 5.91 Å². The SMILES string of the molecule is CCCC(CC(C)(C)N(CC)OC(N)CC)C(CC)(CC)NC(C)=O. The third-order valence-corrected chi connectivity index (χ3v) is 5.48. The Kier molecular flexibility index (Phi) is 10.9. The van der Waals surface area contributed by atoms with Crippen LogP contribution in [-0.2, 0) is 9.63 Å². The molecule has 0 aliphatic heterocycles. The van der Waals surface area contributed by atoms with E-state index in [4.69, 9.17) is 10.6 Å².